The molecule has 0 saturated carbocycles. The van der Waals surface area contributed by atoms with Crippen LogP contribution in [0.1, 0.15) is 23.7 Å². The number of nitrogens with one attached hydrogen (secondary N) is 1. The van der Waals surface area contributed by atoms with E-state index in [2.05, 4.69) is 5.32 Å². The molecule has 24 heavy (non-hydrogen) atoms. The van der Waals surface area contributed by atoms with Gasteiger partial charge in [-0.1, -0.05) is 0 Å². The van der Waals surface area contributed by atoms with Gasteiger partial charge in [-0.05, 0) is 13.3 Å². The molecule has 0 spiro atoms. The molecule has 1 aromatic carbocycles. The Labute approximate surface area is 140 Å². The highest BCUT2D eigenvalue weighted by molar-refractivity contribution is 5.99. The fourth-order valence-corrected chi connectivity index (χ4v) is 1.90. The predicted octanol–water partition coefficient (Wildman–Crippen LogP) is 1.10. The monoisotopic (exact) mass is 341 g/mol. The third-order valence-corrected chi connectivity index (χ3v) is 3.15. The molecule has 0 aromatic heterocycles. The van der Waals surface area contributed by atoms with Crippen LogP contribution in [0.5, 0.6) is 11.5 Å². The summed E-state index contributed by atoms with van der Waals surface area (Å²) < 4.78 is 15.4. The lowest BCUT2D eigenvalue weighted by Gasteiger charge is -2.13. The van der Waals surface area contributed by atoms with E-state index >= 15 is 0 Å². The van der Waals surface area contributed by atoms with Crippen molar-refractivity contribution < 1.29 is 23.9 Å². The van der Waals surface area contributed by atoms with Crippen LogP contribution in [0.15, 0.2) is 12.1 Å². The molecule has 1 amide bonds. The topological polar surface area (TPSA) is 126 Å². The van der Waals surface area contributed by atoms with Crippen molar-refractivity contribution in [3.8, 4) is 11.5 Å². The summed E-state index contributed by atoms with van der Waals surface area (Å²) in [6.45, 7) is 2.65. The Kier molecular flexibility index (Phi) is 7.93. The Morgan fingerprint density at radius 1 is 1.33 bits per heavy atom. The first-order chi connectivity index (χ1) is 11.4. The molecule has 0 saturated heterocycles. The minimum atomic E-state index is -0.636. The zero-order chi connectivity index (χ0) is 18.1. The lowest BCUT2D eigenvalue weighted by atomic mass is 10.1. The number of benzene rings is 1. The maximum Gasteiger partial charge on any atom is 0.286 e. The molecule has 1 unspecified atom stereocenters. The smallest absolute Gasteiger partial charge is 0.286 e. The van der Waals surface area contributed by atoms with Crippen molar-refractivity contribution in [1.29, 1.82) is 0 Å². The zero-order valence-electron chi connectivity index (χ0n) is 14.0. The van der Waals surface area contributed by atoms with Crippen LogP contribution in [0.3, 0.4) is 0 Å². The maximum atomic E-state index is 12.2. The summed E-state index contributed by atoms with van der Waals surface area (Å²) >= 11 is 0. The Bertz CT molecular complexity index is 577. The van der Waals surface area contributed by atoms with E-state index in [9.17, 15) is 14.9 Å². The minimum Gasteiger partial charge on any atom is -0.493 e. The summed E-state index contributed by atoms with van der Waals surface area (Å²) in [4.78, 5) is 22.9. The van der Waals surface area contributed by atoms with Crippen molar-refractivity contribution >= 4 is 11.6 Å². The normalized spacial score (nSPS) is 11.7. The fourth-order valence-electron chi connectivity index (χ4n) is 1.90. The lowest BCUT2D eigenvalue weighted by Crippen LogP contribution is -2.29. The summed E-state index contributed by atoms with van der Waals surface area (Å²) in [6, 6.07) is 2.39. The standard InChI is InChI=1S/C15H23N3O6/c1-10(16)4-5-17-15(19)11-8-13(23-3)14(24-7-6-22-2)9-12(11)18(20)21/h8-10H,4-7,16H2,1-3H3,(H,17,19). The van der Waals surface area contributed by atoms with Gasteiger partial charge < -0.3 is 25.3 Å². The van der Waals surface area contributed by atoms with Gasteiger partial charge in [0.2, 0.25) is 0 Å². The second kappa shape index (κ2) is 9.68. The molecule has 1 atom stereocenters. The van der Waals surface area contributed by atoms with Crippen molar-refractivity contribution in [2.24, 2.45) is 5.73 Å². The fraction of sp³-hybridized carbons (Fsp3) is 0.533. The number of rotatable bonds is 10. The highest BCUT2D eigenvalue weighted by Gasteiger charge is 2.24. The molecule has 134 valence electrons. The number of hydrogen-bond donors (Lipinski definition) is 2. The average Bonchev–Trinajstić information content (AvgIpc) is 2.53. The third kappa shape index (κ3) is 5.67. The summed E-state index contributed by atoms with van der Waals surface area (Å²) in [6.07, 6.45) is 0.564. The van der Waals surface area contributed by atoms with Crippen molar-refractivity contribution in [1.82, 2.24) is 5.32 Å². The molecule has 1 rings (SSSR count). The average molecular weight is 341 g/mol. The molecule has 9 heteroatoms. The molecular weight excluding hydrogens is 318 g/mol. The van der Waals surface area contributed by atoms with Gasteiger partial charge in [0.05, 0.1) is 24.7 Å². The van der Waals surface area contributed by atoms with Gasteiger partial charge in [-0.25, -0.2) is 0 Å². The Hall–Kier alpha value is -2.39. The van der Waals surface area contributed by atoms with Crippen LogP contribution in [-0.2, 0) is 4.74 Å². The van der Waals surface area contributed by atoms with Gasteiger partial charge in [0.15, 0.2) is 11.5 Å². The van der Waals surface area contributed by atoms with Crippen LogP contribution in [0.25, 0.3) is 0 Å². The summed E-state index contributed by atoms with van der Waals surface area (Å²) in [7, 11) is 2.90. The Morgan fingerprint density at radius 3 is 2.58 bits per heavy atom. The summed E-state index contributed by atoms with van der Waals surface area (Å²) in [5.41, 5.74) is 5.16. The van der Waals surface area contributed by atoms with E-state index in [1.165, 1.54) is 26.4 Å². The molecule has 0 aliphatic carbocycles. The van der Waals surface area contributed by atoms with E-state index in [0.29, 0.717) is 19.6 Å². The van der Waals surface area contributed by atoms with Crippen LogP contribution in [-0.4, -0.2) is 50.9 Å². The molecule has 0 radical (unpaired) electrons. The van der Waals surface area contributed by atoms with Crippen molar-refractivity contribution in [3.63, 3.8) is 0 Å². The minimum absolute atomic E-state index is 0.0774. The van der Waals surface area contributed by atoms with E-state index in [1.54, 1.807) is 0 Å². The first-order valence-electron chi connectivity index (χ1n) is 7.42. The second-order valence-corrected chi connectivity index (χ2v) is 5.14. The van der Waals surface area contributed by atoms with Gasteiger partial charge in [0.1, 0.15) is 12.2 Å². The van der Waals surface area contributed by atoms with E-state index in [-0.39, 0.29) is 35.4 Å². The van der Waals surface area contributed by atoms with Crippen LogP contribution >= 0.6 is 0 Å². The molecule has 0 heterocycles. The zero-order valence-corrected chi connectivity index (χ0v) is 14.0. The number of nitrogens with two attached hydrogens (primary N) is 1. The molecule has 0 aliphatic heterocycles. The van der Waals surface area contributed by atoms with Gasteiger partial charge in [-0.15, -0.1) is 0 Å². The number of nitro groups is 1. The molecule has 0 aliphatic rings. The van der Waals surface area contributed by atoms with Gasteiger partial charge >= 0.3 is 0 Å². The summed E-state index contributed by atoms with van der Waals surface area (Å²) in [5.74, 6) is -0.161. The lowest BCUT2D eigenvalue weighted by molar-refractivity contribution is -0.385. The molecule has 9 nitrogen and oxygen atoms in total. The van der Waals surface area contributed by atoms with Gasteiger partial charge in [-0.3, -0.25) is 14.9 Å². The number of amides is 1. The number of ether oxygens (including phenoxy) is 3. The Morgan fingerprint density at radius 2 is 2.04 bits per heavy atom. The van der Waals surface area contributed by atoms with Crippen molar-refractivity contribution in [2.75, 3.05) is 34.0 Å². The third-order valence-electron chi connectivity index (χ3n) is 3.15. The van der Waals surface area contributed by atoms with E-state index in [1.807, 2.05) is 6.92 Å². The quantitative estimate of drug-likeness (QED) is 0.370. The van der Waals surface area contributed by atoms with E-state index in [0.717, 1.165) is 0 Å². The maximum absolute atomic E-state index is 12.2. The van der Waals surface area contributed by atoms with Gasteiger partial charge in [-0.2, -0.15) is 0 Å². The first-order valence-corrected chi connectivity index (χ1v) is 7.42. The number of carbonyl (C=O) groups excluding carboxylic acids is 1. The van der Waals surface area contributed by atoms with Crippen LogP contribution in [0.2, 0.25) is 0 Å². The van der Waals surface area contributed by atoms with Gasteiger partial charge in [0, 0.05) is 25.8 Å². The highest BCUT2D eigenvalue weighted by Crippen LogP contribution is 2.34. The van der Waals surface area contributed by atoms with Crippen molar-refractivity contribution in [2.45, 2.75) is 19.4 Å². The van der Waals surface area contributed by atoms with Crippen molar-refractivity contribution in [3.05, 3.63) is 27.8 Å². The summed E-state index contributed by atoms with van der Waals surface area (Å²) in [5, 5.41) is 13.9. The second-order valence-electron chi connectivity index (χ2n) is 5.14. The SMILES string of the molecule is COCCOc1cc([N+](=O)[O-])c(C(=O)NCCC(C)N)cc1OC. The highest BCUT2D eigenvalue weighted by atomic mass is 16.6. The molecule has 0 bridgehead atoms. The molecule has 3 N–H and O–H groups in total. The molecule has 1 aromatic rings. The van der Waals surface area contributed by atoms with E-state index < -0.39 is 10.8 Å². The van der Waals surface area contributed by atoms with Crippen LogP contribution in [0, 0.1) is 10.1 Å². The number of methoxy groups -OCH3 is 2. The number of nitrogens with zero attached hydrogens (tertiary/aromatic N) is 1. The number of nitro benzene ring substituents is 1. The molecule has 0 fully saturated rings. The Balaban J connectivity index is 3.05. The van der Waals surface area contributed by atoms with Gasteiger partial charge in [0.25, 0.3) is 11.6 Å². The number of hydrogen-bond acceptors (Lipinski definition) is 7. The predicted molar refractivity (Wildman–Crippen MR) is 87.6 cm³/mol. The number of carbonyl (C=O) groups is 1. The molecular formula is C15H23N3O6. The van der Waals surface area contributed by atoms with Crippen LogP contribution < -0.4 is 20.5 Å². The van der Waals surface area contributed by atoms with E-state index in [4.69, 9.17) is 19.9 Å². The largest absolute Gasteiger partial charge is 0.493 e. The first kappa shape index (κ1) is 19.7. The van der Waals surface area contributed by atoms with Crippen LogP contribution in [0.4, 0.5) is 5.69 Å².